The Hall–Kier alpha value is -0.860. The second-order valence-electron chi connectivity index (χ2n) is 3.77. The van der Waals surface area contributed by atoms with Gasteiger partial charge >= 0.3 is 0 Å². The Morgan fingerprint density at radius 2 is 2.15 bits per heavy atom. The molecule has 3 heteroatoms. The Bertz CT molecular complexity index is 278. The third-order valence-electron chi connectivity index (χ3n) is 2.72. The van der Waals surface area contributed by atoms with Crippen molar-refractivity contribution in [3.8, 4) is 0 Å². The van der Waals surface area contributed by atoms with Crippen molar-refractivity contribution in [2.45, 2.75) is 52.0 Å². The molecule has 0 spiro atoms. The molecule has 1 aromatic heterocycles. The van der Waals surface area contributed by atoms with E-state index < -0.39 is 0 Å². The molecule has 1 aliphatic rings. The van der Waals surface area contributed by atoms with Crippen LogP contribution in [0.25, 0.3) is 0 Å². The molecule has 0 saturated heterocycles. The Labute approximate surface area is 79.1 Å². The van der Waals surface area contributed by atoms with Crippen LogP contribution < -0.4 is 0 Å². The minimum absolute atomic E-state index is 1.05. The molecule has 1 aliphatic carbocycles. The van der Waals surface area contributed by atoms with Crippen LogP contribution in [-0.2, 0) is 19.4 Å². The number of hydrogen-bond acceptors (Lipinski definition) is 2. The standard InChI is InChI=1S/C10H17N3/c1-2-3-8-13-10-7-5-4-6-9(10)11-12-13/h2-8H2,1H3. The maximum atomic E-state index is 4.22. The molecule has 0 saturated carbocycles. The van der Waals surface area contributed by atoms with Crippen LogP contribution in [0.2, 0.25) is 0 Å². The summed E-state index contributed by atoms with van der Waals surface area (Å²) < 4.78 is 2.11. The average Bonchev–Trinajstić information content (AvgIpc) is 2.58. The highest BCUT2D eigenvalue weighted by atomic mass is 15.4. The fourth-order valence-electron chi connectivity index (χ4n) is 1.91. The summed E-state index contributed by atoms with van der Waals surface area (Å²) in [5.41, 5.74) is 2.65. The van der Waals surface area contributed by atoms with Gasteiger partial charge in [-0.05, 0) is 32.1 Å². The minimum Gasteiger partial charge on any atom is -0.249 e. The molecule has 0 aliphatic heterocycles. The molecule has 0 N–H and O–H groups in total. The van der Waals surface area contributed by atoms with Crippen LogP contribution in [-0.4, -0.2) is 15.0 Å². The van der Waals surface area contributed by atoms with E-state index in [2.05, 4.69) is 21.9 Å². The van der Waals surface area contributed by atoms with Crippen LogP contribution in [0.1, 0.15) is 44.0 Å². The molecule has 2 rings (SSSR count). The number of rotatable bonds is 3. The first-order valence-electron chi connectivity index (χ1n) is 5.33. The molecule has 1 aromatic rings. The van der Waals surface area contributed by atoms with Gasteiger partial charge in [-0.25, -0.2) is 4.68 Å². The fourth-order valence-corrected chi connectivity index (χ4v) is 1.91. The summed E-state index contributed by atoms with van der Waals surface area (Å²) in [7, 11) is 0. The van der Waals surface area contributed by atoms with Crippen LogP contribution >= 0.6 is 0 Å². The van der Waals surface area contributed by atoms with Gasteiger partial charge in [-0.1, -0.05) is 18.6 Å². The highest BCUT2D eigenvalue weighted by Crippen LogP contribution is 2.18. The SMILES string of the molecule is CCCCn1nnc2c1CCCC2. The van der Waals surface area contributed by atoms with E-state index in [9.17, 15) is 0 Å². The quantitative estimate of drug-likeness (QED) is 0.710. The number of aryl methyl sites for hydroxylation is 2. The van der Waals surface area contributed by atoms with Crippen molar-refractivity contribution in [1.29, 1.82) is 0 Å². The maximum Gasteiger partial charge on any atom is 0.0859 e. The number of unbranched alkanes of at least 4 members (excludes halogenated alkanes) is 1. The van der Waals surface area contributed by atoms with E-state index in [0.29, 0.717) is 0 Å². The lowest BCUT2D eigenvalue weighted by Crippen LogP contribution is -2.09. The van der Waals surface area contributed by atoms with Crippen molar-refractivity contribution < 1.29 is 0 Å². The third kappa shape index (κ3) is 1.74. The van der Waals surface area contributed by atoms with Crippen LogP contribution in [0.15, 0.2) is 0 Å². The first-order chi connectivity index (χ1) is 6.42. The van der Waals surface area contributed by atoms with Crippen LogP contribution in [0.4, 0.5) is 0 Å². The molecule has 3 nitrogen and oxygen atoms in total. The van der Waals surface area contributed by atoms with Gasteiger partial charge in [0.1, 0.15) is 0 Å². The molecule has 13 heavy (non-hydrogen) atoms. The molecule has 0 unspecified atom stereocenters. The summed E-state index contributed by atoms with van der Waals surface area (Å²) in [6, 6.07) is 0. The number of aromatic nitrogens is 3. The predicted octanol–water partition coefficient (Wildman–Crippen LogP) is 1.96. The molecule has 0 bridgehead atoms. The number of fused-ring (bicyclic) bond motifs is 1. The second kappa shape index (κ2) is 3.90. The van der Waals surface area contributed by atoms with E-state index in [4.69, 9.17) is 0 Å². The Morgan fingerprint density at radius 3 is 3.00 bits per heavy atom. The molecular formula is C10H17N3. The lowest BCUT2D eigenvalue weighted by atomic mass is 10.0. The van der Waals surface area contributed by atoms with Gasteiger partial charge < -0.3 is 0 Å². The second-order valence-corrected chi connectivity index (χ2v) is 3.77. The van der Waals surface area contributed by atoms with Gasteiger partial charge in [-0.15, -0.1) is 5.10 Å². The summed E-state index contributed by atoms with van der Waals surface area (Å²) in [6.07, 6.45) is 7.38. The Morgan fingerprint density at radius 1 is 1.31 bits per heavy atom. The monoisotopic (exact) mass is 179 g/mol. The van der Waals surface area contributed by atoms with E-state index in [1.165, 1.54) is 43.5 Å². The Balaban J connectivity index is 2.12. The molecular weight excluding hydrogens is 162 g/mol. The van der Waals surface area contributed by atoms with Crippen molar-refractivity contribution in [1.82, 2.24) is 15.0 Å². The van der Waals surface area contributed by atoms with Gasteiger partial charge in [0, 0.05) is 6.54 Å². The van der Waals surface area contributed by atoms with Gasteiger partial charge in [0.25, 0.3) is 0 Å². The van der Waals surface area contributed by atoms with Crippen molar-refractivity contribution in [3.63, 3.8) is 0 Å². The van der Waals surface area contributed by atoms with Crippen molar-refractivity contribution in [2.75, 3.05) is 0 Å². The smallest absolute Gasteiger partial charge is 0.0859 e. The highest BCUT2D eigenvalue weighted by Gasteiger charge is 2.15. The van der Waals surface area contributed by atoms with Crippen molar-refractivity contribution in [2.24, 2.45) is 0 Å². The zero-order valence-electron chi connectivity index (χ0n) is 8.29. The van der Waals surface area contributed by atoms with E-state index in [-0.39, 0.29) is 0 Å². The Kier molecular flexibility index (Phi) is 2.62. The molecule has 0 atom stereocenters. The van der Waals surface area contributed by atoms with Gasteiger partial charge in [0.05, 0.1) is 11.4 Å². The predicted molar refractivity (Wildman–Crippen MR) is 51.6 cm³/mol. The summed E-state index contributed by atoms with van der Waals surface area (Å²) >= 11 is 0. The molecule has 1 heterocycles. The summed E-state index contributed by atoms with van der Waals surface area (Å²) in [4.78, 5) is 0. The van der Waals surface area contributed by atoms with E-state index in [1.54, 1.807) is 0 Å². The first-order valence-corrected chi connectivity index (χ1v) is 5.33. The topological polar surface area (TPSA) is 30.7 Å². The molecule has 0 amide bonds. The van der Waals surface area contributed by atoms with Crippen LogP contribution in [0.5, 0.6) is 0 Å². The fraction of sp³-hybridized carbons (Fsp3) is 0.800. The van der Waals surface area contributed by atoms with Crippen molar-refractivity contribution >= 4 is 0 Å². The molecule has 0 fully saturated rings. The van der Waals surface area contributed by atoms with E-state index in [0.717, 1.165) is 13.0 Å². The maximum absolute atomic E-state index is 4.22. The van der Waals surface area contributed by atoms with Crippen LogP contribution in [0.3, 0.4) is 0 Å². The molecule has 0 radical (unpaired) electrons. The zero-order valence-corrected chi connectivity index (χ0v) is 8.29. The van der Waals surface area contributed by atoms with Gasteiger partial charge in [-0.3, -0.25) is 0 Å². The number of hydrogen-bond donors (Lipinski definition) is 0. The summed E-state index contributed by atoms with van der Waals surface area (Å²) in [6.45, 7) is 3.27. The van der Waals surface area contributed by atoms with E-state index in [1.807, 2.05) is 0 Å². The molecule has 72 valence electrons. The average molecular weight is 179 g/mol. The lowest BCUT2D eigenvalue weighted by molar-refractivity contribution is 0.523. The summed E-state index contributed by atoms with van der Waals surface area (Å²) in [5.74, 6) is 0. The number of nitrogens with zero attached hydrogens (tertiary/aromatic N) is 3. The summed E-state index contributed by atoms with van der Waals surface area (Å²) in [5, 5.41) is 8.42. The minimum atomic E-state index is 1.05. The largest absolute Gasteiger partial charge is 0.249 e. The highest BCUT2D eigenvalue weighted by molar-refractivity contribution is 5.13. The zero-order chi connectivity index (χ0) is 9.10. The third-order valence-corrected chi connectivity index (χ3v) is 2.72. The van der Waals surface area contributed by atoms with Crippen LogP contribution in [0, 0.1) is 0 Å². The van der Waals surface area contributed by atoms with Gasteiger partial charge in [0.2, 0.25) is 0 Å². The van der Waals surface area contributed by atoms with Crippen molar-refractivity contribution in [3.05, 3.63) is 11.4 Å². The van der Waals surface area contributed by atoms with Gasteiger partial charge in [0.15, 0.2) is 0 Å². The normalized spacial score (nSPS) is 15.8. The van der Waals surface area contributed by atoms with E-state index >= 15 is 0 Å². The lowest BCUT2D eigenvalue weighted by Gasteiger charge is -2.11. The first kappa shape index (κ1) is 8.73. The molecule has 0 aromatic carbocycles. The van der Waals surface area contributed by atoms with Gasteiger partial charge in [-0.2, -0.15) is 0 Å².